The molecule has 8 heteroatoms. The summed E-state index contributed by atoms with van der Waals surface area (Å²) in [5, 5.41) is 8.37. The van der Waals surface area contributed by atoms with E-state index in [-0.39, 0.29) is 17.7 Å². The minimum Gasteiger partial charge on any atom is -0.475 e. The molecule has 1 aromatic heterocycles. The van der Waals surface area contributed by atoms with Gasteiger partial charge in [0.15, 0.2) is 0 Å². The largest absolute Gasteiger partial charge is 0.475 e. The van der Waals surface area contributed by atoms with Crippen LogP contribution in [0, 0.1) is 0 Å². The van der Waals surface area contributed by atoms with Crippen LogP contribution in [0.4, 0.5) is 0 Å². The molecule has 1 aliphatic rings. The van der Waals surface area contributed by atoms with E-state index in [1.54, 1.807) is 0 Å². The second-order valence-electron chi connectivity index (χ2n) is 4.70. The number of ether oxygens (including phenoxy) is 1. The topological polar surface area (TPSA) is 97.0 Å². The van der Waals surface area contributed by atoms with Crippen LogP contribution in [-0.2, 0) is 14.8 Å². The van der Waals surface area contributed by atoms with Crippen molar-refractivity contribution in [3.05, 3.63) is 17.9 Å². The highest BCUT2D eigenvalue weighted by Gasteiger charge is 2.28. The zero-order chi connectivity index (χ0) is 14.8. The summed E-state index contributed by atoms with van der Waals surface area (Å²) in [7, 11) is -2.40. The first-order valence-electron chi connectivity index (χ1n) is 6.32. The zero-order valence-corrected chi connectivity index (χ0v) is 11.9. The van der Waals surface area contributed by atoms with Crippen molar-refractivity contribution in [1.29, 1.82) is 0 Å². The number of hydrogen-bond donors (Lipinski definition) is 1. The van der Waals surface area contributed by atoms with Crippen LogP contribution < -0.4 is 0 Å². The second-order valence-corrected chi connectivity index (χ2v) is 6.67. The van der Waals surface area contributed by atoms with Gasteiger partial charge in [0.05, 0.1) is 6.10 Å². The Morgan fingerprint density at radius 3 is 2.75 bits per heavy atom. The maximum atomic E-state index is 12.2. The van der Waals surface area contributed by atoms with Crippen molar-refractivity contribution in [2.24, 2.45) is 0 Å². The van der Waals surface area contributed by atoms with E-state index < -0.39 is 21.8 Å². The lowest BCUT2D eigenvalue weighted by molar-refractivity contribution is 0.00844. The van der Waals surface area contributed by atoms with E-state index in [0.29, 0.717) is 6.61 Å². The number of carboxylic acid groups (broad SMARTS) is 1. The summed E-state index contributed by atoms with van der Waals surface area (Å²) in [6.07, 6.45) is 2.70. The van der Waals surface area contributed by atoms with Gasteiger partial charge in [-0.25, -0.2) is 13.2 Å². The van der Waals surface area contributed by atoms with E-state index in [9.17, 15) is 13.2 Å². The third kappa shape index (κ3) is 3.20. The van der Waals surface area contributed by atoms with Gasteiger partial charge in [-0.1, -0.05) is 0 Å². The van der Waals surface area contributed by atoms with Gasteiger partial charge < -0.3 is 14.3 Å². The summed E-state index contributed by atoms with van der Waals surface area (Å²) in [4.78, 5) is 10.7. The number of hydrogen-bond acceptors (Lipinski definition) is 5. The Bertz CT molecular complexity index is 573. The number of carbonyl (C=O) groups is 1. The van der Waals surface area contributed by atoms with Crippen molar-refractivity contribution in [3.63, 3.8) is 0 Å². The molecule has 1 N–H and O–H groups in total. The van der Waals surface area contributed by atoms with Crippen molar-refractivity contribution in [2.45, 2.75) is 30.5 Å². The molecule has 0 saturated carbocycles. The van der Waals surface area contributed by atoms with Gasteiger partial charge in [-0.3, -0.25) is 0 Å². The SMILES string of the molecule is CN(CC1CCCCO1)S(=O)(=O)c1ccc(C(=O)O)o1. The summed E-state index contributed by atoms with van der Waals surface area (Å²) in [5.74, 6) is -1.70. The summed E-state index contributed by atoms with van der Waals surface area (Å²) >= 11 is 0. The monoisotopic (exact) mass is 303 g/mol. The number of furan rings is 1. The van der Waals surface area contributed by atoms with E-state index in [0.717, 1.165) is 35.7 Å². The molecule has 0 aromatic carbocycles. The molecule has 0 spiro atoms. The highest BCUT2D eigenvalue weighted by Crippen LogP contribution is 2.20. The lowest BCUT2D eigenvalue weighted by Gasteiger charge is -2.26. The van der Waals surface area contributed by atoms with Gasteiger partial charge in [-0.2, -0.15) is 4.31 Å². The standard InChI is InChI=1S/C12H17NO6S/c1-13(8-9-4-2-3-7-18-9)20(16,17)11-6-5-10(19-11)12(14)15/h5-6,9H,2-4,7-8H2,1H3,(H,14,15). The second kappa shape index (κ2) is 5.94. The lowest BCUT2D eigenvalue weighted by atomic mass is 10.1. The number of sulfonamides is 1. The normalized spacial score (nSPS) is 20.2. The molecule has 1 saturated heterocycles. The van der Waals surface area contributed by atoms with Crippen LogP contribution in [0.25, 0.3) is 0 Å². The van der Waals surface area contributed by atoms with E-state index in [4.69, 9.17) is 14.3 Å². The maximum Gasteiger partial charge on any atom is 0.371 e. The molecule has 1 fully saturated rings. The lowest BCUT2D eigenvalue weighted by Crippen LogP contribution is -2.37. The van der Waals surface area contributed by atoms with Gasteiger partial charge in [-0.15, -0.1) is 0 Å². The quantitative estimate of drug-likeness (QED) is 0.877. The average Bonchev–Trinajstić information content (AvgIpc) is 2.90. The van der Waals surface area contributed by atoms with Crippen LogP contribution in [0.1, 0.15) is 29.8 Å². The Hall–Kier alpha value is -1.38. The van der Waals surface area contributed by atoms with E-state index in [1.165, 1.54) is 7.05 Å². The van der Waals surface area contributed by atoms with Crippen LogP contribution in [-0.4, -0.2) is 50.1 Å². The fraction of sp³-hybridized carbons (Fsp3) is 0.583. The first-order chi connectivity index (χ1) is 9.41. The molecule has 0 radical (unpaired) electrons. The number of likely N-dealkylation sites (N-methyl/N-ethyl adjacent to an activating group) is 1. The third-order valence-corrected chi connectivity index (χ3v) is 4.89. The van der Waals surface area contributed by atoms with E-state index in [1.807, 2.05) is 0 Å². The number of aromatic carboxylic acids is 1. The van der Waals surface area contributed by atoms with Gasteiger partial charge in [0.2, 0.25) is 10.9 Å². The third-order valence-electron chi connectivity index (χ3n) is 3.19. The molecule has 1 aliphatic heterocycles. The minimum atomic E-state index is -3.83. The first-order valence-corrected chi connectivity index (χ1v) is 7.76. The highest BCUT2D eigenvalue weighted by atomic mass is 32.2. The number of nitrogens with zero attached hydrogens (tertiary/aromatic N) is 1. The molecule has 0 aliphatic carbocycles. The van der Waals surface area contributed by atoms with Crippen LogP contribution in [0.5, 0.6) is 0 Å². The minimum absolute atomic E-state index is 0.127. The Labute approximate surface area is 117 Å². The molecule has 1 aromatic rings. The van der Waals surface area contributed by atoms with Crippen molar-refractivity contribution in [2.75, 3.05) is 20.2 Å². The first kappa shape index (κ1) is 15.0. The number of carboxylic acids is 1. The fourth-order valence-corrected chi connectivity index (χ4v) is 3.17. The summed E-state index contributed by atoms with van der Waals surface area (Å²) in [5.41, 5.74) is 0. The summed E-state index contributed by atoms with van der Waals surface area (Å²) in [6.45, 7) is 0.869. The number of rotatable bonds is 5. The Morgan fingerprint density at radius 1 is 1.45 bits per heavy atom. The summed E-state index contributed by atoms with van der Waals surface area (Å²) in [6, 6.07) is 2.27. The maximum absolute atomic E-state index is 12.2. The van der Waals surface area contributed by atoms with Crippen LogP contribution in [0.2, 0.25) is 0 Å². The molecule has 2 rings (SSSR count). The van der Waals surface area contributed by atoms with Gasteiger partial charge in [0.1, 0.15) is 0 Å². The molecular weight excluding hydrogens is 286 g/mol. The molecule has 1 atom stereocenters. The van der Waals surface area contributed by atoms with Crippen molar-refractivity contribution < 1.29 is 27.5 Å². The smallest absolute Gasteiger partial charge is 0.371 e. The molecule has 2 heterocycles. The van der Waals surface area contributed by atoms with Crippen LogP contribution in [0.15, 0.2) is 21.6 Å². The van der Waals surface area contributed by atoms with Gasteiger partial charge in [0, 0.05) is 20.2 Å². The zero-order valence-electron chi connectivity index (χ0n) is 11.1. The molecule has 20 heavy (non-hydrogen) atoms. The van der Waals surface area contributed by atoms with Crippen molar-refractivity contribution in [3.8, 4) is 0 Å². The van der Waals surface area contributed by atoms with Crippen molar-refractivity contribution >= 4 is 16.0 Å². The Kier molecular flexibility index (Phi) is 4.46. The van der Waals surface area contributed by atoms with Gasteiger partial charge >= 0.3 is 5.97 Å². The van der Waals surface area contributed by atoms with E-state index in [2.05, 4.69) is 0 Å². The molecule has 0 bridgehead atoms. The summed E-state index contributed by atoms with van der Waals surface area (Å²) < 4.78 is 35.9. The van der Waals surface area contributed by atoms with E-state index >= 15 is 0 Å². The van der Waals surface area contributed by atoms with Gasteiger partial charge in [-0.05, 0) is 31.4 Å². The average molecular weight is 303 g/mol. The van der Waals surface area contributed by atoms with Crippen LogP contribution in [0.3, 0.4) is 0 Å². The van der Waals surface area contributed by atoms with Crippen molar-refractivity contribution in [1.82, 2.24) is 4.31 Å². The molecule has 0 amide bonds. The molecule has 1 unspecified atom stereocenters. The van der Waals surface area contributed by atoms with Gasteiger partial charge in [0.25, 0.3) is 10.0 Å². The predicted octanol–water partition coefficient (Wildman–Crippen LogP) is 1.17. The molecule has 112 valence electrons. The van der Waals surface area contributed by atoms with Crippen LogP contribution >= 0.6 is 0 Å². The predicted molar refractivity (Wildman–Crippen MR) is 69.1 cm³/mol. The molecule has 7 nitrogen and oxygen atoms in total. The molecular formula is C12H17NO6S. The fourth-order valence-electron chi connectivity index (χ4n) is 2.06. The Balaban J connectivity index is 2.09. The highest BCUT2D eigenvalue weighted by molar-refractivity contribution is 7.89. The Morgan fingerprint density at radius 2 is 2.20 bits per heavy atom.